The summed E-state index contributed by atoms with van der Waals surface area (Å²) in [5.74, 6) is -0.395. The SMILES string of the molecule is COc1ccc(N2C(=O)c3ccccc3[C@@H](C=NC[C@@H]3CCCO3)C2=O)cc1OC. The molecule has 0 aromatic heterocycles. The maximum Gasteiger partial charge on any atom is 0.265 e. The lowest BCUT2D eigenvalue weighted by Gasteiger charge is -2.31. The third-order valence-corrected chi connectivity index (χ3v) is 5.43. The molecule has 2 heterocycles. The molecule has 4 rings (SSSR count). The van der Waals surface area contributed by atoms with Crippen molar-refractivity contribution in [2.24, 2.45) is 4.99 Å². The van der Waals surface area contributed by atoms with E-state index >= 15 is 0 Å². The van der Waals surface area contributed by atoms with Crippen molar-refractivity contribution < 1.29 is 23.8 Å². The number of imide groups is 1. The number of methoxy groups -OCH3 is 2. The van der Waals surface area contributed by atoms with Gasteiger partial charge in [0.25, 0.3) is 5.91 Å². The lowest BCUT2D eigenvalue weighted by molar-refractivity contribution is -0.118. The second-order valence-electron chi connectivity index (χ2n) is 7.23. The van der Waals surface area contributed by atoms with Gasteiger partial charge in [-0.2, -0.15) is 0 Å². The first-order chi connectivity index (χ1) is 14.6. The third kappa shape index (κ3) is 3.68. The number of hydrogen-bond donors (Lipinski definition) is 0. The highest BCUT2D eigenvalue weighted by atomic mass is 16.5. The number of carbonyl (C=O) groups is 2. The molecule has 0 bridgehead atoms. The summed E-state index contributed by atoms with van der Waals surface area (Å²) in [6.45, 7) is 1.27. The van der Waals surface area contributed by atoms with E-state index in [2.05, 4.69) is 4.99 Å². The number of fused-ring (bicyclic) bond motifs is 1. The second kappa shape index (κ2) is 8.67. The number of amides is 2. The Morgan fingerprint density at radius 3 is 2.67 bits per heavy atom. The molecule has 2 atom stereocenters. The summed E-state index contributed by atoms with van der Waals surface area (Å²) in [6, 6.07) is 12.1. The van der Waals surface area contributed by atoms with Gasteiger partial charge >= 0.3 is 0 Å². The van der Waals surface area contributed by atoms with Crippen molar-refractivity contribution >= 4 is 23.7 Å². The van der Waals surface area contributed by atoms with Crippen molar-refractivity contribution in [3.63, 3.8) is 0 Å². The molecule has 156 valence electrons. The summed E-state index contributed by atoms with van der Waals surface area (Å²) in [6.07, 6.45) is 3.75. The minimum absolute atomic E-state index is 0.0961. The average Bonchev–Trinajstić information content (AvgIpc) is 3.29. The molecular weight excluding hydrogens is 384 g/mol. The summed E-state index contributed by atoms with van der Waals surface area (Å²) in [5.41, 5.74) is 1.58. The first-order valence-corrected chi connectivity index (χ1v) is 9.95. The van der Waals surface area contributed by atoms with E-state index in [-0.39, 0.29) is 17.9 Å². The summed E-state index contributed by atoms with van der Waals surface area (Å²) >= 11 is 0. The van der Waals surface area contributed by atoms with E-state index in [9.17, 15) is 9.59 Å². The number of carbonyl (C=O) groups excluding carboxylic acids is 2. The maximum atomic E-state index is 13.4. The Hall–Kier alpha value is -3.19. The molecule has 1 fully saturated rings. The summed E-state index contributed by atoms with van der Waals surface area (Å²) in [4.78, 5) is 32.2. The van der Waals surface area contributed by atoms with Gasteiger partial charge in [0.05, 0.1) is 38.5 Å². The molecule has 0 spiro atoms. The van der Waals surface area contributed by atoms with Gasteiger partial charge in [-0.3, -0.25) is 14.6 Å². The Morgan fingerprint density at radius 1 is 1.13 bits per heavy atom. The van der Waals surface area contributed by atoms with Crippen molar-refractivity contribution in [2.75, 3.05) is 32.3 Å². The molecule has 30 heavy (non-hydrogen) atoms. The van der Waals surface area contributed by atoms with Crippen LogP contribution in [-0.4, -0.2) is 51.5 Å². The minimum atomic E-state index is -0.645. The predicted molar refractivity (Wildman–Crippen MR) is 113 cm³/mol. The molecule has 1 saturated heterocycles. The van der Waals surface area contributed by atoms with Crippen LogP contribution in [0.2, 0.25) is 0 Å². The Morgan fingerprint density at radius 2 is 1.93 bits per heavy atom. The van der Waals surface area contributed by atoms with E-state index in [0.717, 1.165) is 19.4 Å². The molecule has 7 heteroatoms. The minimum Gasteiger partial charge on any atom is -0.493 e. The van der Waals surface area contributed by atoms with E-state index in [1.54, 1.807) is 42.6 Å². The van der Waals surface area contributed by atoms with Crippen LogP contribution in [0, 0.1) is 0 Å². The third-order valence-electron chi connectivity index (χ3n) is 5.43. The zero-order valence-electron chi connectivity index (χ0n) is 17.0. The fourth-order valence-corrected chi connectivity index (χ4v) is 3.88. The van der Waals surface area contributed by atoms with E-state index in [4.69, 9.17) is 14.2 Å². The number of ether oxygens (including phenoxy) is 3. The lowest BCUT2D eigenvalue weighted by Crippen LogP contribution is -2.45. The molecule has 7 nitrogen and oxygen atoms in total. The van der Waals surface area contributed by atoms with Gasteiger partial charge in [-0.15, -0.1) is 0 Å². The highest BCUT2D eigenvalue weighted by Gasteiger charge is 2.39. The lowest BCUT2D eigenvalue weighted by atomic mass is 9.89. The molecule has 2 aromatic carbocycles. The average molecular weight is 408 g/mol. The standard InChI is InChI=1S/C23H24N2O5/c1-28-20-10-9-15(12-21(20)29-2)25-22(26)18-8-4-3-7-17(18)19(23(25)27)14-24-13-16-6-5-11-30-16/h3-4,7-10,12,14,16,19H,5-6,11,13H2,1-2H3/t16-,19+/m0/s1. The molecule has 2 amide bonds. The van der Waals surface area contributed by atoms with Gasteiger partial charge in [-0.25, -0.2) is 4.90 Å². The number of aliphatic imine (C=N–C) groups is 1. The van der Waals surface area contributed by atoms with Gasteiger partial charge in [-0.05, 0) is 36.6 Å². The maximum absolute atomic E-state index is 13.4. The molecule has 0 unspecified atom stereocenters. The van der Waals surface area contributed by atoms with Gasteiger partial charge in [0, 0.05) is 24.5 Å². The summed E-state index contributed by atoms with van der Waals surface area (Å²) in [7, 11) is 3.04. The van der Waals surface area contributed by atoms with E-state index in [1.807, 2.05) is 6.07 Å². The number of nitrogens with zero attached hydrogens (tertiary/aromatic N) is 2. The largest absolute Gasteiger partial charge is 0.493 e. The van der Waals surface area contributed by atoms with Crippen molar-refractivity contribution in [1.29, 1.82) is 0 Å². The summed E-state index contributed by atoms with van der Waals surface area (Å²) < 4.78 is 16.2. The zero-order chi connectivity index (χ0) is 21.1. The Labute approximate surface area is 175 Å². The van der Waals surface area contributed by atoms with Crippen molar-refractivity contribution in [3.05, 3.63) is 53.6 Å². The van der Waals surface area contributed by atoms with Crippen molar-refractivity contribution in [1.82, 2.24) is 0 Å². The molecule has 2 aliphatic rings. The van der Waals surface area contributed by atoms with Crippen molar-refractivity contribution in [3.8, 4) is 11.5 Å². The molecule has 0 aliphatic carbocycles. The molecule has 0 radical (unpaired) electrons. The van der Waals surface area contributed by atoms with Crippen LogP contribution in [0.15, 0.2) is 47.5 Å². The number of anilines is 1. The van der Waals surface area contributed by atoms with E-state index in [0.29, 0.717) is 34.9 Å². The Balaban J connectivity index is 1.69. The molecule has 0 saturated carbocycles. The van der Waals surface area contributed by atoms with E-state index in [1.165, 1.54) is 19.1 Å². The van der Waals surface area contributed by atoms with Crippen LogP contribution in [0.4, 0.5) is 5.69 Å². The van der Waals surface area contributed by atoms with E-state index < -0.39 is 5.92 Å². The van der Waals surface area contributed by atoms with Gasteiger partial charge in [0.1, 0.15) is 0 Å². The molecular formula is C23H24N2O5. The second-order valence-corrected chi connectivity index (χ2v) is 7.23. The van der Waals surface area contributed by atoms with Crippen LogP contribution in [0.3, 0.4) is 0 Å². The van der Waals surface area contributed by atoms with Gasteiger partial charge in [-0.1, -0.05) is 18.2 Å². The quantitative estimate of drug-likeness (QED) is 0.542. The first kappa shape index (κ1) is 20.1. The highest BCUT2D eigenvalue weighted by molar-refractivity contribution is 6.29. The Bertz CT molecular complexity index is 981. The molecule has 2 aliphatic heterocycles. The first-order valence-electron chi connectivity index (χ1n) is 9.95. The zero-order valence-corrected chi connectivity index (χ0v) is 17.0. The van der Waals surface area contributed by atoms with Crippen LogP contribution in [0.5, 0.6) is 11.5 Å². The van der Waals surface area contributed by atoms with Crippen LogP contribution in [0.25, 0.3) is 0 Å². The van der Waals surface area contributed by atoms with Crippen LogP contribution < -0.4 is 14.4 Å². The fourth-order valence-electron chi connectivity index (χ4n) is 3.88. The monoisotopic (exact) mass is 408 g/mol. The predicted octanol–water partition coefficient (Wildman–Crippen LogP) is 3.22. The van der Waals surface area contributed by atoms with Crippen LogP contribution >= 0.6 is 0 Å². The normalized spacial score (nSPS) is 21.2. The van der Waals surface area contributed by atoms with Crippen molar-refractivity contribution in [2.45, 2.75) is 24.9 Å². The topological polar surface area (TPSA) is 77.4 Å². The van der Waals surface area contributed by atoms with Gasteiger partial charge < -0.3 is 14.2 Å². The van der Waals surface area contributed by atoms with Gasteiger partial charge in [0.2, 0.25) is 5.91 Å². The van der Waals surface area contributed by atoms with Crippen LogP contribution in [0.1, 0.15) is 34.7 Å². The van der Waals surface area contributed by atoms with Gasteiger partial charge in [0.15, 0.2) is 11.5 Å². The number of benzene rings is 2. The molecule has 0 N–H and O–H groups in total. The highest BCUT2D eigenvalue weighted by Crippen LogP contribution is 2.36. The number of hydrogen-bond acceptors (Lipinski definition) is 6. The summed E-state index contributed by atoms with van der Waals surface area (Å²) in [5, 5.41) is 0. The number of rotatable bonds is 6. The smallest absolute Gasteiger partial charge is 0.265 e. The fraction of sp³-hybridized carbons (Fsp3) is 0.348. The Kier molecular flexibility index (Phi) is 5.81. The van der Waals surface area contributed by atoms with Crippen LogP contribution in [-0.2, 0) is 9.53 Å². The molecule has 2 aromatic rings.